The summed E-state index contributed by atoms with van der Waals surface area (Å²) in [5.74, 6) is 2.39. The van der Waals surface area contributed by atoms with E-state index in [1.165, 1.54) is 5.56 Å². The van der Waals surface area contributed by atoms with Gasteiger partial charge < -0.3 is 4.74 Å². The first-order valence-electron chi connectivity index (χ1n) is 8.62. The molecule has 0 bridgehead atoms. The maximum absolute atomic E-state index is 5.29. The molecule has 0 fully saturated rings. The third kappa shape index (κ3) is 4.10. The SMILES string of the molecule is COc1ccc(-n2c(SCc3cccc(Br)c3)nnc2-c2ccncc2)cc1. The van der Waals surface area contributed by atoms with E-state index in [-0.39, 0.29) is 0 Å². The smallest absolute Gasteiger partial charge is 0.196 e. The Morgan fingerprint density at radius 1 is 1.00 bits per heavy atom. The van der Waals surface area contributed by atoms with E-state index < -0.39 is 0 Å². The molecule has 140 valence electrons. The minimum Gasteiger partial charge on any atom is -0.497 e. The highest BCUT2D eigenvalue weighted by atomic mass is 79.9. The molecule has 0 saturated carbocycles. The van der Waals surface area contributed by atoms with E-state index in [9.17, 15) is 0 Å². The molecule has 0 unspecified atom stereocenters. The van der Waals surface area contributed by atoms with Crippen molar-refractivity contribution in [2.24, 2.45) is 0 Å². The Morgan fingerprint density at radius 2 is 1.79 bits per heavy atom. The van der Waals surface area contributed by atoms with Gasteiger partial charge in [-0.15, -0.1) is 10.2 Å². The van der Waals surface area contributed by atoms with Gasteiger partial charge in [0.1, 0.15) is 5.75 Å². The second-order valence-electron chi connectivity index (χ2n) is 5.99. The predicted octanol–water partition coefficient (Wildman–Crippen LogP) is 5.39. The van der Waals surface area contributed by atoms with Crippen molar-refractivity contribution in [1.29, 1.82) is 0 Å². The Labute approximate surface area is 175 Å². The summed E-state index contributed by atoms with van der Waals surface area (Å²) < 4.78 is 8.43. The second-order valence-corrected chi connectivity index (χ2v) is 7.85. The maximum Gasteiger partial charge on any atom is 0.196 e. The normalized spacial score (nSPS) is 10.8. The summed E-state index contributed by atoms with van der Waals surface area (Å²) in [6.07, 6.45) is 3.52. The first-order valence-corrected chi connectivity index (χ1v) is 10.4. The number of benzene rings is 2. The second kappa shape index (κ2) is 8.58. The Bertz CT molecular complexity index is 1070. The van der Waals surface area contributed by atoms with E-state index in [4.69, 9.17) is 4.74 Å². The number of nitrogens with zero attached hydrogens (tertiary/aromatic N) is 4. The van der Waals surface area contributed by atoms with Crippen molar-refractivity contribution >= 4 is 27.7 Å². The Morgan fingerprint density at radius 3 is 2.50 bits per heavy atom. The Hall–Kier alpha value is -2.64. The fourth-order valence-corrected chi connectivity index (χ4v) is 4.13. The molecule has 0 aliphatic heterocycles. The molecule has 0 amide bonds. The van der Waals surface area contributed by atoms with Gasteiger partial charge in [-0.25, -0.2) is 0 Å². The average molecular weight is 453 g/mol. The van der Waals surface area contributed by atoms with Crippen LogP contribution in [0.15, 0.2) is 82.7 Å². The fourth-order valence-electron chi connectivity index (χ4n) is 2.79. The first kappa shape index (κ1) is 18.7. The number of pyridine rings is 1. The van der Waals surface area contributed by atoms with Crippen LogP contribution in [0.3, 0.4) is 0 Å². The summed E-state index contributed by atoms with van der Waals surface area (Å²) in [5, 5.41) is 9.75. The van der Waals surface area contributed by atoms with Crippen molar-refractivity contribution in [3.63, 3.8) is 0 Å². The summed E-state index contributed by atoms with van der Waals surface area (Å²) in [4.78, 5) is 4.10. The van der Waals surface area contributed by atoms with Gasteiger partial charge in [0, 0.05) is 33.9 Å². The predicted molar refractivity (Wildman–Crippen MR) is 115 cm³/mol. The zero-order valence-corrected chi connectivity index (χ0v) is 17.5. The molecule has 5 nitrogen and oxygen atoms in total. The lowest BCUT2D eigenvalue weighted by molar-refractivity contribution is 0.414. The van der Waals surface area contributed by atoms with Crippen molar-refractivity contribution in [2.45, 2.75) is 10.9 Å². The number of hydrogen-bond acceptors (Lipinski definition) is 5. The van der Waals surface area contributed by atoms with Crippen molar-refractivity contribution in [3.8, 4) is 22.8 Å². The zero-order valence-electron chi connectivity index (χ0n) is 15.1. The van der Waals surface area contributed by atoms with E-state index >= 15 is 0 Å². The van der Waals surface area contributed by atoms with E-state index in [0.29, 0.717) is 0 Å². The zero-order chi connectivity index (χ0) is 19.3. The van der Waals surface area contributed by atoms with Crippen LogP contribution in [0.1, 0.15) is 5.56 Å². The largest absolute Gasteiger partial charge is 0.497 e. The molecule has 0 saturated heterocycles. The minimum atomic E-state index is 0.782. The number of rotatable bonds is 6. The van der Waals surface area contributed by atoms with Crippen LogP contribution >= 0.6 is 27.7 Å². The number of ether oxygens (including phenoxy) is 1. The van der Waals surface area contributed by atoms with Gasteiger partial charge in [0.05, 0.1) is 7.11 Å². The van der Waals surface area contributed by atoms with Gasteiger partial charge in [-0.2, -0.15) is 0 Å². The standard InChI is InChI=1S/C21H17BrN4OS/c1-27-19-7-5-18(6-8-19)26-20(16-9-11-23-12-10-16)24-25-21(26)28-14-15-3-2-4-17(22)13-15/h2-13H,14H2,1H3. The summed E-state index contributed by atoms with van der Waals surface area (Å²) in [6, 6.07) is 20.1. The average Bonchev–Trinajstić information content (AvgIpc) is 3.17. The van der Waals surface area contributed by atoms with E-state index in [1.807, 2.05) is 48.5 Å². The van der Waals surface area contributed by atoms with Crippen molar-refractivity contribution < 1.29 is 4.74 Å². The minimum absolute atomic E-state index is 0.782. The van der Waals surface area contributed by atoms with Crippen LogP contribution < -0.4 is 4.74 Å². The van der Waals surface area contributed by atoms with Crippen molar-refractivity contribution in [2.75, 3.05) is 7.11 Å². The molecule has 28 heavy (non-hydrogen) atoms. The van der Waals surface area contributed by atoms with Crippen LogP contribution in [0.2, 0.25) is 0 Å². The molecule has 0 N–H and O–H groups in total. The van der Waals surface area contributed by atoms with Crippen molar-refractivity contribution in [3.05, 3.63) is 83.1 Å². The van der Waals surface area contributed by atoms with Gasteiger partial charge in [-0.05, 0) is 54.1 Å². The first-order chi connectivity index (χ1) is 13.7. The fraction of sp³-hybridized carbons (Fsp3) is 0.0952. The van der Waals surface area contributed by atoms with Crippen LogP contribution in [-0.4, -0.2) is 26.9 Å². The molecule has 2 aromatic carbocycles. The highest BCUT2D eigenvalue weighted by Gasteiger charge is 2.16. The molecular weight excluding hydrogens is 436 g/mol. The topological polar surface area (TPSA) is 52.8 Å². The molecule has 4 rings (SSSR count). The summed E-state index contributed by atoms with van der Waals surface area (Å²) in [6.45, 7) is 0. The number of methoxy groups -OCH3 is 1. The summed E-state index contributed by atoms with van der Waals surface area (Å²) in [5.41, 5.74) is 3.16. The molecule has 4 aromatic rings. The molecule has 0 spiro atoms. The van der Waals surface area contributed by atoms with E-state index in [2.05, 4.69) is 47.8 Å². The van der Waals surface area contributed by atoms with Crippen LogP contribution in [-0.2, 0) is 5.75 Å². The molecule has 0 aliphatic carbocycles. The molecule has 0 radical (unpaired) electrons. The maximum atomic E-state index is 5.29. The van der Waals surface area contributed by atoms with Gasteiger partial charge in [0.2, 0.25) is 0 Å². The highest BCUT2D eigenvalue weighted by Crippen LogP contribution is 2.30. The van der Waals surface area contributed by atoms with Gasteiger partial charge >= 0.3 is 0 Å². The summed E-state index contributed by atoms with van der Waals surface area (Å²) >= 11 is 5.18. The van der Waals surface area contributed by atoms with E-state index in [0.717, 1.165) is 38.2 Å². The third-order valence-electron chi connectivity index (χ3n) is 4.16. The number of aromatic nitrogens is 4. The third-order valence-corrected chi connectivity index (χ3v) is 5.65. The molecule has 7 heteroatoms. The molecule has 2 aromatic heterocycles. The monoisotopic (exact) mass is 452 g/mol. The lowest BCUT2D eigenvalue weighted by Gasteiger charge is -2.11. The molecule has 0 atom stereocenters. The van der Waals surface area contributed by atoms with Gasteiger partial charge in [-0.1, -0.05) is 39.8 Å². The Balaban J connectivity index is 1.72. The van der Waals surface area contributed by atoms with Crippen LogP contribution in [0.25, 0.3) is 17.1 Å². The van der Waals surface area contributed by atoms with Crippen molar-refractivity contribution in [1.82, 2.24) is 19.7 Å². The molecule has 2 heterocycles. The molecule has 0 aliphatic rings. The van der Waals surface area contributed by atoms with Gasteiger partial charge in [0.25, 0.3) is 0 Å². The van der Waals surface area contributed by atoms with Gasteiger partial charge in [0.15, 0.2) is 11.0 Å². The van der Waals surface area contributed by atoms with Crippen LogP contribution in [0, 0.1) is 0 Å². The lowest BCUT2D eigenvalue weighted by atomic mass is 10.2. The molecular formula is C21H17BrN4OS. The number of hydrogen-bond donors (Lipinski definition) is 0. The highest BCUT2D eigenvalue weighted by molar-refractivity contribution is 9.10. The number of thioether (sulfide) groups is 1. The van der Waals surface area contributed by atoms with Crippen LogP contribution in [0.4, 0.5) is 0 Å². The Kier molecular flexibility index (Phi) is 5.73. The lowest BCUT2D eigenvalue weighted by Crippen LogP contribution is -2.00. The van der Waals surface area contributed by atoms with Gasteiger partial charge in [-0.3, -0.25) is 9.55 Å². The number of halogens is 1. The van der Waals surface area contributed by atoms with Crippen LogP contribution in [0.5, 0.6) is 5.75 Å². The van der Waals surface area contributed by atoms with E-state index in [1.54, 1.807) is 31.3 Å². The summed E-state index contributed by atoms with van der Waals surface area (Å²) in [7, 11) is 1.66. The quantitative estimate of drug-likeness (QED) is 0.367.